The van der Waals surface area contributed by atoms with Crippen molar-refractivity contribution >= 4 is 22.8 Å². The summed E-state index contributed by atoms with van der Waals surface area (Å²) in [6.07, 6.45) is 7.09. The normalized spacial score (nSPS) is 17.4. The molecular weight excluding hydrogens is 410 g/mol. The van der Waals surface area contributed by atoms with Gasteiger partial charge in [-0.2, -0.15) is 10.2 Å². The van der Waals surface area contributed by atoms with E-state index in [0.717, 1.165) is 42.9 Å². The van der Waals surface area contributed by atoms with Crippen LogP contribution in [-0.4, -0.2) is 46.0 Å². The van der Waals surface area contributed by atoms with Gasteiger partial charge in [0, 0.05) is 54.5 Å². The fourth-order valence-corrected chi connectivity index (χ4v) is 5.41. The van der Waals surface area contributed by atoms with E-state index in [1.54, 1.807) is 4.57 Å². The van der Waals surface area contributed by atoms with E-state index in [1.807, 2.05) is 32.4 Å². The molecule has 0 bridgehead atoms. The first kappa shape index (κ1) is 21.8. The van der Waals surface area contributed by atoms with Crippen molar-refractivity contribution in [3.63, 3.8) is 0 Å². The number of aromatic nitrogens is 2. The molecule has 3 aromatic rings. The highest BCUT2D eigenvalue weighted by molar-refractivity contribution is 5.99. The molecule has 172 valence electrons. The second-order valence-electron chi connectivity index (χ2n) is 9.92. The SMILES string of the molecule is Cc1cc(-c2[nH]c3ccc(C4CCN(CC5=NN=CC5)CC4)cc3c2C(C)C)cn(C)c1=O. The molecule has 0 aliphatic carbocycles. The van der Waals surface area contributed by atoms with Crippen molar-refractivity contribution in [2.24, 2.45) is 17.3 Å². The zero-order valence-electron chi connectivity index (χ0n) is 20.1. The maximum absolute atomic E-state index is 12.2. The first-order valence-corrected chi connectivity index (χ1v) is 12.0. The van der Waals surface area contributed by atoms with Gasteiger partial charge in [0.1, 0.15) is 0 Å². The number of nitrogens with zero attached hydrogens (tertiary/aromatic N) is 4. The summed E-state index contributed by atoms with van der Waals surface area (Å²) in [5.74, 6) is 0.961. The summed E-state index contributed by atoms with van der Waals surface area (Å²) in [4.78, 5) is 18.4. The number of fused-ring (bicyclic) bond motifs is 1. The van der Waals surface area contributed by atoms with Crippen LogP contribution in [0.15, 0.2) is 45.5 Å². The molecule has 1 saturated heterocycles. The number of aromatic amines is 1. The van der Waals surface area contributed by atoms with Gasteiger partial charge in [0.15, 0.2) is 0 Å². The Morgan fingerprint density at radius 2 is 1.97 bits per heavy atom. The number of likely N-dealkylation sites (tertiary alicyclic amines) is 1. The molecule has 0 atom stereocenters. The second kappa shape index (κ2) is 8.75. The van der Waals surface area contributed by atoms with Crippen LogP contribution in [0, 0.1) is 6.92 Å². The highest BCUT2D eigenvalue weighted by Crippen LogP contribution is 2.38. The lowest BCUT2D eigenvalue weighted by atomic mass is 9.87. The van der Waals surface area contributed by atoms with Gasteiger partial charge in [-0.1, -0.05) is 19.9 Å². The summed E-state index contributed by atoms with van der Waals surface area (Å²) < 4.78 is 1.68. The van der Waals surface area contributed by atoms with Crippen LogP contribution in [0.3, 0.4) is 0 Å². The zero-order chi connectivity index (χ0) is 23.1. The molecule has 0 radical (unpaired) electrons. The van der Waals surface area contributed by atoms with Gasteiger partial charge in [-0.3, -0.25) is 9.69 Å². The smallest absolute Gasteiger partial charge is 0.253 e. The maximum atomic E-state index is 12.2. The summed E-state index contributed by atoms with van der Waals surface area (Å²) >= 11 is 0. The first-order valence-electron chi connectivity index (χ1n) is 12.0. The standard InChI is InChI=1S/C27H33N5O/c1-17(2)25-23-14-20(19-8-11-32(12-9-19)16-22-7-10-28-30-22)5-6-24(23)29-26(25)21-13-18(3)27(33)31(4)15-21/h5-6,10,13-15,17,19,29H,7-9,11-12,16H2,1-4H3. The Balaban J connectivity index is 1.43. The monoisotopic (exact) mass is 443 g/mol. The lowest BCUT2D eigenvalue weighted by Crippen LogP contribution is -2.36. The predicted molar refractivity (Wildman–Crippen MR) is 137 cm³/mol. The van der Waals surface area contributed by atoms with Crippen molar-refractivity contribution in [2.75, 3.05) is 19.6 Å². The fourth-order valence-electron chi connectivity index (χ4n) is 5.41. The fraction of sp³-hybridized carbons (Fsp3) is 0.444. The van der Waals surface area contributed by atoms with E-state index in [-0.39, 0.29) is 5.56 Å². The Morgan fingerprint density at radius 1 is 1.18 bits per heavy atom. The molecule has 0 spiro atoms. The van der Waals surface area contributed by atoms with Gasteiger partial charge in [0.25, 0.3) is 5.56 Å². The highest BCUT2D eigenvalue weighted by Gasteiger charge is 2.24. The number of benzene rings is 1. The third-order valence-electron chi connectivity index (χ3n) is 7.16. The van der Waals surface area contributed by atoms with Gasteiger partial charge in [0.05, 0.1) is 11.4 Å². The molecule has 33 heavy (non-hydrogen) atoms. The van der Waals surface area contributed by atoms with Crippen LogP contribution in [0.4, 0.5) is 0 Å². The van der Waals surface area contributed by atoms with Gasteiger partial charge < -0.3 is 9.55 Å². The van der Waals surface area contributed by atoms with Crippen molar-refractivity contribution in [3.05, 3.63) is 57.5 Å². The first-order chi connectivity index (χ1) is 15.9. The van der Waals surface area contributed by atoms with Crippen LogP contribution in [0.2, 0.25) is 0 Å². The molecular formula is C27H33N5O. The topological polar surface area (TPSA) is 65.8 Å². The molecule has 5 rings (SSSR count). The van der Waals surface area contributed by atoms with E-state index >= 15 is 0 Å². The molecule has 0 unspecified atom stereocenters. The molecule has 2 aromatic heterocycles. The van der Waals surface area contributed by atoms with Crippen LogP contribution >= 0.6 is 0 Å². The predicted octanol–water partition coefficient (Wildman–Crippen LogP) is 4.98. The van der Waals surface area contributed by atoms with E-state index in [4.69, 9.17) is 0 Å². The number of nitrogens with one attached hydrogen (secondary N) is 1. The molecule has 0 saturated carbocycles. The number of H-pyrrole nitrogens is 1. The molecule has 2 aliphatic heterocycles. The van der Waals surface area contributed by atoms with Crippen molar-refractivity contribution in [3.8, 4) is 11.3 Å². The summed E-state index contributed by atoms with van der Waals surface area (Å²) in [6, 6.07) is 8.96. The number of hydrogen-bond acceptors (Lipinski definition) is 4. The van der Waals surface area contributed by atoms with Gasteiger partial charge in [-0.25, -0.2) is 0 Å². The molecule has 0 amide bonds. The van der Waals surface area contributed by atoms with Crippen LogP contribution in [-0.2, 0) is 7.05 Å². The van der Waals surface area contributed by atoms with Gasteiger partial charge in [0.2, 0.25) is 0 Å². The van der Waals surface area contributed by atoms with Crippen molar-refractivity contribution in [1.29, 1.82) is 0 Å². The summed E-state index contributed by atoms with van der Waals surface area (Å²) in [6.45, 7) is 9.55. The second-order valence-corrected chi connectivity index (χ2v) is 9.92. The number of aryl methyl sites for hydroxylation is 2. The van der Waals surface area contributed by atoms with Crippen LogP contribution in [0.1, 0.15) is 61.6 Å². The lowest BCUT2D eigenvalue weighted by molar-refractivity contribution is 0.238. The average Bonchev–Trinajstić information content (AvgIpc) is 3.44. The summed E-state index contributed by atoms with van der Waals surface area (Å²) in [5, 5.41) is 9.54. The Kier molecular flexibility index (Phi) is 5.79. The Bertz CT molecular complexity index is 1280. The number of piperidine rings is 1. The Hall–Kier alpha value is -2.99. The number of pyridine rings is 1. The van der Waals surface area contributed by atoms with Crippen LogP contribution in [0.5, 0.6) is 0 Å². The van der Waals surface area contributed by atoms with Crippen molar-refractivity contribution in [1.82, 2.24) is 14.5 Å². The molecule has 1 N–H and O–H groups in total. The Morgan fingerprint density at radius 3 is 2.64 bits per heavy atom. The van der Waals surface area contributed by atoms with Crippen molar-refractivity contribution < 1.29 is 0 Å². The minimum absolute atomic E-state index is 0.0575. The highest BCUT2D eigenvalue weighted by atomic mass is 16.1. The molecule has 1 aromatic carbocycles. The quantitative estimate of drug-likeness (QED) is 0.605. The van der Waals surface area contributed by atoms with E-state index < -0.39 is 0 Å². The molecule has 6 heteroatoms. The summed E-state index contributed by atoms with van der Waals surface area (Å²) in [7, 11) is 1.83. The summed E-state index contributed by atoms with van der Waals surface area (Å²) in [5.41, 5.74) is 8.15. The molecule has 1 fully saturated rings. The molecule has 4 heterocycles. The van der Waals surface area contributed by atoms with E-state index in [1.165, 1.54) is 40.6 Å². The van der Waals surface area contributed by atoms with E-state index in [9.17, 15) is 4.79 Å². The van der Waals surface area contributed by atoms with E-state index in [2.05, 4.69) is 52.1 Å². The maximum Gasteiger partial charge on any atom is 0.253 e. The van der Waals surface area contributed by atoms with Gasteiger partial charge in [-0.15, -0.1) is 0 Å². The largest absolute Gasteiger partial charge is 0.354 e. The number of hydrogen-bond donors (Lipinski definition) is 1. The van der Waals surface area contributed by atoms with Crippen LogP contribution < -0.4 is 5.56 Å². The molecule has 2 aliphatic rings. The van der Waals surface area contributed by atoms with Gasteiger partial charge >= 0.3 is 0 Å². The third-order valence-corrected chi connectivity index (χ3v) is 7.16. The average molecular weight is 444 g/mol. The van der Waals surface area contributed by atoms with Gasteiger partial charge in [-0.05, 0) is 74.0 Å². The number of rotatable bonds is 5. The molecule has 6 nitrogen and oxygen atoms in total. The lowest BCUT2D eigenvalue weighted by Gasteiger charge is -2.32. The van der Waals surface area contributed by atoms with Crippen molar-refractivity contribution in [2.45, 2.75) is 51.9 Å². The third kappa shape index (κ3) is 4.20. The minimum Gasteiger partial charge on any atom is -0.354 e. The minimum atomic E-state index is 0.0575. The Labute approximate surface area is 195 Å². The van der Waals surface area contributed by atoms with Crippen LogP contribution in [0.25, 0.3) is 22.2 Å². The van der Waals surface area contributed by atoms with E-state index in [0.29, 0.717) is 11.8 Å². The zero-order valence-corrected chi connectivity index (χ0v) is 20.1.